The van der Waals surface area contributed by atoms with Crippen LogP contribution in [0.3, 0.4) is 0 Å². The molecule has 1 aliphatic heterocycles. The van der Waals surface area contributed by atoms with Crippen LogP contribution in [0.4, 0.5) is 0 Å². The lowest BCUT2D eigenvalue weighted by atomic mass is 9.99. The van der Waals surface area contributed by atoms with Crippen molar-refractivity contribution in [1.29, 1.82) is 0 Å². The van der Waals surface area contributed by atoms with Crippen LogP contribution in [0.25, 0.3) is 0 Å². The number of aliphatic hydroxyl groups excluding tert-OH is 1. The van der Waals surface area contributed by atoms with E-state index in [1.807, 2.05) is 25.1 Å². The van der Waals surface area contributed by atoms with Gasteiger partial charge in [-0.05, 0) is 31.9 Å². The standard InChI is InChI=1S/C13H18O3/c1-9-5-6-11(15-2)10(8-9)13(14)12-4-3-7-16-12/h5-6,8,12-14H,3-4,7H2,1-2H3. The molecule has 0 saturated carbocycles. The van der Waals surface area contributed by atoms with E-state index < -0.39 is 6.10 Å². The van der Waals surface area contributed by atoms with Gasteiger partial charge in [-0.2, -0.15) is 0 Å². The van der Waals surface area contributed by atoms with Gasteiger partial charge >= 0.3 is 0 Å². The first-order chi connectivity index (χ1) is 7.72. The van der Waals surface area contributed by atoms with Gasteiger partial charge in [-0.1, -0.05) is 11.6 Å². The second-order valence-electron chi connectivity index (χ2n) is 4.24. The van der Waals surface area contributed by atoms with Crippen molar-refractivity contribution in [2.24, 2.45) is 0 Å². The van der Waals surface area contributed by atoms with E-state index in [0.29, 0.717) is 0 Å². The summed E-state index contributed by atoms with van der Waals surface area (Å²) in [6.07, 6.45) is 1.27. The zero-order valence-corrected chi connectivity index (χ0v) is 9.77. The summed E-state index contributed by atoms with van der Waals surface area (Å²) in [6, 6.07) is 5.83. The van der Waals surface area contributed by atoms with Crippen LogP contribution in [0.5, 0.6) is 5.75 Å². The topological polar surface area (TPSA) is 38.7 Å². The molecule has 0 aromatic heterocycles. The lowest BCUT2D eigenvalue weighted by molar-refractivity contribution is -0.00365. The van der Waals surface area contributed by atoms with Gasteiger partial charge in [0.25, 0.3) is 0 Å². The number of aliphatic hydroxyl groups is 1. The Bertz CT molecular complexity index is 356. The van der Waals surface area contributed by atoms with Crippen LogP contribution in [0.15, 0.2) is 18.2 Å². The highest BCUT2D eigenvalue weighted by Crippen LogP contribution is 2.32. The Balaban J connectivity index is 2.26. The SMILES string of the molecule is COc1ccc(C)cc1C(O)C1CCCO1. The van der Waals surface area contributed by atoms with Gasteiger partial charge < -0.3 is 14.6 Å². The predicted molar refractivity (Wildman–Crippen MR) is 61.7 cm³/mol. The van der Waals surface area contributed by atoms with Crippen LogP contribution in [-0.2, 0) is 4.74 Å². The van der Waals surface area contributed by atoms with E-state index >= 15 is 0 Å². The molecule has 1 aliphatic rings. The highest BCUT2D eigenvalue weighted by Gasteiger charge is 2.27. The highest BCUT2D eigenvalue weighted by molar-refractivity contribution is 5.38. The fraction of sp³-hybridized carbons (Fsp3) is 0.538. The summed E-state index contributed by atoms with van der Waals surface area (Å²) in [5.74, 6) is 0.730. The number of hydrogen-bond donors (Lipinski definition) is 1. The molecule has 1 saturated heterocycles. The zero-order valence-electron chi connectivity index (χ0n) is 9.77. The summed E-state index contributed by atoms with van der Waals surface area (Å²) in [5.41, 5.74) is 1.95. The van der Waals surface area contributed by atoms with Gasteiger partial charge in [-0.15, -0.1) is 0 Å². The van der Waals surface area contributed by atoms with Crippen molar-refractivity contribution in [1.82, 2.24) is 0 Å². The molecule has 3 nitrogen and oxygen atoms in total. The van der Waals surface area contributed by atoms with Crippen molar-refractivity contribution in [3.8, 4) is 5.75 Å². The molecule has 0 amide bonds. The molecule has 1 N–H and O–H groups in total. The third kappa shape index (κ3) is 2.20. The number of rotatable bonds is 3. The van der Waals surface area contributed by atoms with Crippen LogP contribution >= 0.6 is 0 Å². The molecule has 3 heteroatoms. The van der Waals surface area contributed by atoms with Crippen LogP contribution in [0, 0.1) is 6.92 Å². The van der Waals surface area contributed by atoms with E-state index in [1.54, 1.807) is 7.11 Å². The minimum Gasteiger partial charge on any atom is -0.496 e. The van der Waals surface area contributed by atoms with Crippen molar-refractivity contribution in [2.75, 3.05) is 13.7 Å². The third-order valence-corrected chi connectivity index (χ3v) is 3.02. The van der Waals surface area contributed by atoms with Crippen LogP contribution in [0.1, 0.15) is 30.1 Å². The molecular formula is C13H18O3. The molecule has 1 fully saturated rings. The maximum absolute atomic E-state index is 10.3. The van der Waals surface area contributed by atoms with Gasteiger partial charge in [0.05, 0.1) is 13.2 Å². The maximum Gasteiger partial charge on any atom is 0.124 e. The monoisotopic (exact) mass is 222 g/mol. The maximum atomic E-state index is 10.3. The van der Waals surface area contributed by atoms with E-state index in [4.69, 9.17) is 9.47 Å². The van der Waals surface area contributed by atoms with Crippen molar-refractivity contribution in [2.45, 2.75) is 32.0 Å². The Hall–Kier alpha value is -1.06. The fourth-order valence-electron chi connectivity index (χ4n) is 2.14. The fourth-order valence-corrected chi connectivity index (χ4v) is 2.14. The number of methoxy groups -OCH3 is 1. The van der Waals surface area contributed by atoms with Gasteiger partial charge in [0.1, 0.15) is 11.9 Å². The Labute approximate surface area is 96.0 Å². The van der Waals surface area contributed by atoms with Crippen LogP contribution in [-0.4, -0.2) is 24.9 Å². The molecule has 0 aliphatic carbocycles. The smallest absolute Gasteiger partial charge is 0.124 e. The Morgan fingerprint density at radius 3 is 2.94 bits per heavy atom. The van der Waals surface area contributed by atoms with Crippen LogP contribution < -0.4 is 4.74 Å². The van der Waals surface area contributed by atoms with Crippen molar-refractivity contribution in [3.63, 3.8) is 0 Å². The third-order valence-electron chi connectivity index (χ3n) is 3.02. The van der Waals surface area contributed by atoms with E-state index in [0.717, 1.165) is 36.3 Å². The Morgan fingerprint density at radius 2 is 2.31 bits per heavy atom. The molecule has 0 radical (unpaired) electrons. The molecule has 0 spiro atoms. The average Bonchev–Trinajstić information content (AvgIpc) is 2.81. The minimum atomic E-state index is -0.586. The van der Waals surface area contributed by atoms with Gasteiger partial charge in [0, 0.05) is 12.2 Å². The van der Waals surface area contributed by atoms with Crippen LogP contribution in [0.2, 0.25) is 0 Å². The molecule has 1 aromatic rings. The molecule has 2 rings (SSSR count). The summed E-state index contributed by atoms with van der Waals surface area (Å²) in [7, 11) is 1.62. The Morgan fingerprint density at radius 1 is 1.50 bits per heavy atom. The Kier molecular flexibility index (Phi) is 3.46. The zero-order chi connectivity index (χ0) is 11.5. The van der Waals surface area contributed by atoms with Gasteiger partial charge in [0.2, 0.25) is 0 Å². The number of hydrogen-bond acceptors (Lipinski definition) is 3. The normalized spacial score (nSPS) is 22.1. The second kappa shape index (κ2) is 4.85. The van der Waals surface area contributed by atoms with Gasteiger partial charge in [0.15, 0.2) is 0 Å². The summed E-state index contributed by atoms with van der Waals surface area (Å²) in [6.45, 7) is 2.75. The van der Waals surface area contributed by atoms with Crippen molar-refractivity contribution in [3.05, 3.63) is 29.3 Å². The second-order valence-corrected chi connectivity index (χ2v) is 4.24. The van der Waals surface area contributed by atoms with Gasteiger partial charge in [-0.3, -0.25) is 0 Å². The van der Waals surface area contributed by atoms with E-state index in [9.17, 15) is 5.11 Å². The highest BCUT2D eigenvalue weighted by atomic mass is 16.5. The number of benzene rings is 1. The molecule has 2 atom stereocenters. The first kappa shape index (κ1) is 11.4. The first-order valence-electron chi connectivity index (χ1n) is 5.66. The van der Waals surface area contributed by atoms with Gasteiger partial charge in [-0.25, -0.2) is 0 Å². The first-order valence-corrected chi connectivity index (χ1v) is 5.66. The summed E-state index contributed by atoms with van der Waals surface area (Å²) >= 11 is 0. The summed E-state index contributed by atoms with van der Waals surface area (Å²) in [5, 5.41) is 10.3. The molecule has 16 heavy (non-hydrogen) atoms. The lowest BCUT2D eigenvalue weighted by Crippen LogP contribution is -2.18. The lowest BCUT2D eigenvalue weighted by Gasteiger charge is -2.20. The van der Waals surface area contributed by atoms with E-state index in [2.05, 4.69) is 0 Å². The minimum absolute atomic E-state index is 0.0873. The predicted octanol–water partition coefficient (Wildman–Crippen LogP) is 2.22. The largest absolute Gasteiger partial charge is 0.496 e. The molecule has 1 heterocycles. The van der Waals surface area contributed by atoms with E-state index in [1.165, 1.54) is 0 Å². The van der Waals surface area contributed by atoms with Crippen molar-refractivity contribution >= 4 is 0 Å². The molecule has 2 unspecified atom stereocenters. The number of ether oxygens (including phenoxy) is 2. The molecule has 0 bridgehead atoms. The van der Waals surface area contributed by atoms with Crippen molar-refractivity contribution < 1.29 is 14.6 Å². The number of aryl methyl sites for hydroxylation is 1. The molecular weight excluding hydrogens is 204 g/mol. The molecule has 1 aromatic carbocycles. The quantitative estimate of drug-likeness (QED) is 0.852. The average molecular weight is 222 g/mol. The molecule has 88 valence electrons. The summed E-state index contributed by atoms with van der Waals surface area (Å²) < 4.78 is 10.8. The van der Waals surface area contributed by atoms with E-state index in [-0.39, 0.29) is 6.10 Å². The summed E-state index contributed by atoms with van der Waals surface area (Å²) in [4.78, 5) is 0.